The van der Waals surface area contributed by atoms with Crippen LogP contribution in [-0.4, -0.2) is 17.0 Å². The van der Waals surface area contributed by atoms with E-state index >= 15 is 0 Å². The molecule has 0 rings (SSSR count). The maximum atomic E-state index is 11.3. The highest BCUT2D eigenvalue weighted by Gasteiger charge is 2.10. The maximum Gasteiger partial charge on any atom is 0.161 e. The molecule has 0 amide bonds. The first-order valence-electron chi connectivity index (χ1n) is 6.43. The van der Waals surface area contributed by atoms with Crippen molar-refractivity contribution in [3.05, 3.63) is 0 Å². The lowest BCUT2D eigenvalue weighted by atomic mass is 10.0. The van der Waals surface area contributed by atoms with Crippen molar-refractivity contribution in [3.63, 3.8) is 0 Å². The van der Waals surface area contributed by atoms with E-state index in [1.807, 2.05) is 6.92 Å². The van der Waals surface area contributed by atoms with Crippen molar-refractivity contribution in [2.45, 2.75) is 77.7 Å². The highest BCUT2D eigenvalue weighted by atomic mass is 16.3. The molecule has 0 saturated carbocycles. The van der Waals surface area contributed by atoms with Gasteiger partial charge in [-0.25, -0.2) is 0 Å². The molecule has 0 spiro atoms. The van der Waals surface area contributed by atoms with Gasteiger partial charge in [-0.2, -0.15) is 0 Å². The minimum Gasteiger partial charge on any atom is -0.385 e. The van der Waals surface area contributed by atoms with Crippen LogP contribution in [0.3, 0.4) is 0 Å². The van der Waals surface area contributed by atoms with Gasteiger partial charge in [0.15, 0.2) is 5.78 Å². The first-order valence-corrected chi connectivity index (χ1v) is 6.43. The Labute approximate surface area is 94.1 Å². The summed E-state index contributed by atoms with van der Waals surface area (Å²) >= 11 is 0. The van der Waals surface area contributed by atoms with Gasteiger partial charge in [-0.1, -0.05) is 52.4 Å². The molecule has 1 atom stereocenters. The summed E-state index contributed by atoms with van der Waals surface area (Å²) < 4.78 is 0. The van der Waals surface area contributed by atoms with E-state index in [1.165, 1.54) is 32.1 Å². The van der Waals surface area contributed by atoms with Crippen molar-refractivity contribution in [2.75, 3.05) is 0 Å². The van der Waals surface area contributed by atoms with Crippen LogP contribution in [0.25, 0.3) is 0 Å². The van der Waals surface area contributed by atoms with Gasteiger partial charge in [-0.3, -0.25) is 4.79 Å². The lowest BCUT2D eigenvalue weighted by Gasteiger charge is -2.05. The number of hydrogen-bond donors (Lipinski definition) is 1. The number of carbonyl (C=O) groups is 1. The highest BCUT2D eigenvalue weighted by molar-refractivity contribution is 5.82. The average molecular weight is 214 g/mol. The third-order valence-corrected chi connectivity index (χ3v) is 2.79. The summed E-state index contributed by atoms with van der Waals surface area (Å²) in [4.78, 5) is 11.3. The molecular formula is C13H26O2. The second kappa shape index (κ2) is 10.2. The largest absolute Gasteiger partial charge is 0.385 e. The Hall–Kier alpha value is -0.370. The molecule has 1 N–H and O–H groups in total. The summed E-state index contributed by atoms with van der Waals surface area (Å²) in [7, 11) is 0. The lowest BCUT2D eigenvalue weighted by molar-refractivity contribution is -0.127. The summed E-state index contributed by atoms with van der Waals surface area (Å²) in [6.07, 6.45) is 8.92. The van der Waals surface area contributed by atoms with Crippen molar-refractivity contribution in [1.82, 2.24) is 0 Å². The van der Waals surface area contributed by atoms with Crippen LogP contribution in [0.1, 0.15) is 71.6 Å². The van der Waals surface area contributed by atoms with E-state index in [-0.39, 0.29) is 5.78 Å². The molecule has 15 heavy (non-hydrogen) atoms. The topological polar surface area (TPSA) is 37.3 Å². The van der Waals surface area contributed by atoms with E-state index in [9.17, 15) is 9.90 Å². The zero-order valence-corrected chi connectivity index (χ0v) is 10.3. The second-order valence-electron chi connectivity index (χ2n) is 4.26. The molecule has 0 aliphatic carbocycles. The Morgan fingerprint density at radius 1 is 1.00 bits per heavy atom. The van der Waals surface area contributed by atoms with Crippen LogP contribution < -0.4 is 0 Å². The van der Waals surface area contributed by atoms with Gasteiger partial charge in [0.05, 0.1) is 0 Å². The van der Waals surface area contributed by atoms with Crippen LogP contribution in [0.4, 0.5) is 0 Å². The molecule has 2 nitrogen and oxygen atoms in total. The van der Waals surface area contributed by atoms with Gasteiger partial charge >= 0.3 is 0 Å². The third-order valence-electron chi connectivity index (χ3n) is 2.79. The summed E-state index contributed by atoms with van der Waals surface area (Å²) in [6, 6.07) is 0. The van der Waals surface area contributed by atoms with E-state index < -0.39 is 6.10 Å². The smallest absolute Gasteiger partial charge is 0.161 e. The number of rotatable bonds is 10. The maximum absolute atomic E-state index is 11.3. The van der Waals surface area contributed by atoms with Crippen LogP contribution in [0.5, 0.6) is 0 Å². The highest BCUT2D eigenvalue weighted by Crippen LogP contribution is 2.09. The molecule has 0 bridgehead atoms. The first kappa shape index (κ1) is 14.6. The van der Waals surface area contributed by atoms with Crippen molar-refractivity contribution < 1.29 is 9.90 Å². The zero-order valence-electron chi connectivity index (χ0n) is 10.3. The Kier molecular flexibility index (Phi) is 9.91. The number of aliphatic hydroxyl groups is 1. The Bertz CT molecular complexity index is 155. The van der Waals surface area contributed by atoms with Crippen LogP contribution >= 0.6 is 0 Å². The van der Waals surface area contributed by atoms with Crippen molar-refractivity contribution in [2.24, 2.45) is 0 Å². The molecule has 0 aromatic rings. The fourth-order valence-electron chi connectivity index (χ4n) is 1.65. The van der Waals surface area contributed by atoms with Gasteiger partial charge < -0.3 is 5.11 Å². The number of ketones is 1. The van der Waals surface area contributed by atoms with Gasteiger partial charge in [-0.15, -0.1) is 0 Å². The Balaban J connectivity index is 3.20. The van der Waals surface area contributed by atoms with Crippen LogP contribution in [0.2, 0.25) is 0 Å². The summed E-state index contributed by atoms with van der Waals surface area (Å²) in [5, 5.41) is 9.25. The van der Waals surface area contributed by atoms with Gasteiger partial charge in [-0.05, 0) is 12.8 Å². The molecule has 0 aliphatic heterocycles. The zero-order chi connectivity index (χ0) is 11.5. The number of Topliss-reactive ketones (excluding diaryl/α,β-unsaturated/α-hetero) is 1. The normalized spacial score (nSPS) is 12.7. The Morgan fingerprint density at radius 3 is 2.07 bits per heavy atom. The SMILES string of the molecule is CCCCCCCCCC(=O)[C@H](O)CC. The molecule has 0 heterocycles. The third kappa shape index (κ3) is 8.61. The van der Waals surface area contributed by atoms with E-state index in [4.69, 9.17) is 0 Å². The second-order valence-corrected chi connectivity index (χ2v) is 4.26. The monoisotopic (exact) mass is 214 g/mol. The van der Waals surface area contributed by atoms with E-state index in [2.05, 4.69) is 6.92 Å². The van der Waals surface area contributed by atoms with Gasteiger partial charge in [0, 0.05) is 6.42 Å². The fourth-order valence-corrected chi connectivity index (χ4v) is 1.65. The molecule has 0 aliphatic rings. The molecule has 0 fully saturated rings. The molecular weight excluding hydrogens is 188 g/mol. The first-order chi connectivity index (χ1) is 7.22. The van der Waals surface area contributed by atoms with E-state index in [1.54, 1.807) is 0 Å². The van der Waals surface area contributed by atoms with E-state index in [0.717, 1.165) is 12.8 Å². The minimum atomic E-state index is -0.718. The van der Waals surface area contributed by atoms with Gasteiger partial charge in [0.1, 0.15) is 6.10 Å². The van der Waals surface area contributed by atoms with Gasteiger partial charge in [0.25, 0.3) is 0 Å². The molecule has 0 radical (unpaired) electrons. The predicted octanol–water partition coefficient (Wildman–Crippen LogP) is 3.47. The quantitative estimate of drug-likeness (QED) is 0.565. The summed E-state index contributed by atoms with van der Waals surface area (Å²) in [5.41, 5.74) is 0. The Morgan fingerprint density at radius 2 is 1.53 bits per heavy atom. The number of carbonyl (C=O) groups excluding carboxylic acids is 1. The molecule has 0 unspecified atom stereocenters. The molecule has 0 aromatic heterocycles. The van der Waals surface area contributed by atoms with Crippen LogP contribution in [-0.2, 0) is 4.79 Å². The minimum absolute atomic E-state index is 0.0195. The van der Waals surface area contributed by atoms with Crippen LogP contribution in [0, 0.1) is 0 Å². The van der Waals surface area contributed by atoms with Gasteiger partial charge in [0.2, 0.25) is 0 Å². The fraction of sp³-hybridized carbons (Fsp3) is 0.923. The number of unbranched alkanes of at least 4 members (excludes halogenated alkanes) is 6. The molecule has 0 saturated heterocycles. The molecule has 90 valence electrons. The number of hydrogen-bond acceptors (Lipinski definition) is 2. The predicted molar refractivity (Wildman–Crippen MR) is 63.9 cm³/mol. The van der Waals surface area contributed by atoms with Crippen molar-refractivity contribution in [1.29, 1.82) is 0 Å². The van der Waals surface area contributed by atoms with Crippen LogP contribution in [0.15, 0.2) is 0 Å². The molecule has 0 aromatic carbocycles. The van der Waals surface area contributed by atoms with Crippen molar-refractivity contribution >= 4 is 5.78 Å². The lowest BCUT2D eigenvalue weighted by Crippen LogP contribution is -2.18. The van der Waals surface area contributed by atoms with E-state index in [0.29, 0.717) is 12.8 Å². The number of aliphatic hydroxyl groups excluding tert-OH is 1. The summed E-state index contributed by atoms with van der Waals surface area (Å²) in [5.74, 6) is 0.0195. The average Bonchev–Trinajstić information content (AvgIpc) is 2.26. The standard InChI is InChI=1S/C13H26O2/c1-3-5-6-7-8-9-10-11-13(15)12(14)4-2/h12,14H,3-11H2,1-2H3/t12-/m1/s1. The summed E-state index contributed by atoms with van der Waals surface area (Å²) in [6.45, 7) is 4.05. The van der Waals surface area contributed by atoms with Crippen molar-refractivity contribution in [3.8, 4) is 0 Å². The molecule has 2 heteroatoms.